The molecule has 0 bridgehead atoms. The van der Waals surface area contributed by atoms with Crippen molar-refractivity contribution in [3.8, 4) is 22.5 Å². The first-order valence-electron chi connectivity index (χ1n) is 10.2. The number of hydrogen-bond acceptors (Lipinski definition) is 5. The maximum atomic E-state index is 9.28. The maximum absolute atomic E-state index is 9.28. The summed E-state index contributed by atoms with van der Waals surface area (Å²) < 4.78 is 5.43. The number of imidazole rings is 1. The third kappa shape index (κ3) is 4.62. The van der Waals surface area contributed by atoms with Crippen molar-refractivity contribution in [1.82, 2.24) is 19.9 Å². The average Bonchev–Trinajstić information content (AvgIpc) is 3.25. The molecule has 160 valence electrons. The molecule has 0 unspecified atom stereocenters. The Labute approximate surface area is 187 Å². The fourth-order valence-corrected chi connectivity index (χ4v) is 3.86. The number of benzene rings is 2. The summed E-state index contributed by atoms with van der Waals surface area (Å²) in [6.07, 6.45) is 1.80. The van der Waals surface area contributed by atoms with Crippen LogP contribution < -0.4 is 0 Å². The Kier molecular flexibility index (Phi) is 6.63. The zero-order chi connectivity index (χ0) is 20.3. The topological polar surface area (TPSA) is 74.3 Å². The number of aliphatic hydroxyl groups excluding tert-OH is 1. The van der Waals surface area contributed by atoms with E-state index in [1.54, 1.807) is 6.20 Å². The maximum Gasteiger partial charge on any atom is 0.158 e. The molecular formula is C24H25ClN4O2. The van der Waals surface area contributed by atoms with Crippen LogP contribution in [0.3, 0.4) is 0 Å². The van der Waals surface area contributed by atoms with Crippen LogP contribution in [0.25, 0.3) is 33.7 Å². The zero-order valence-electron chi connectivity index (χ0n) is 17.1. The van der Waals surface area contributed by atoms with E-state index in [1.165, 1.54) is 5.56 Å². The van der Waals surface area contributed by atoms with E-state index in [-0.39, 0.29) is 19.0 Å². The number of H-pyrrole nitrogens is 1. The Morgan fingerprint density at radius 3 is 2.29 bits per heavy atom. The van der Waals surface area contributed by atoms with Gasteiger partial charge in [-0.3, -0.25) is 4.90 Å². The van der Waals surface area contributed by atoms with Gasteiger partial charge in [0.2, 0.25) is 0 Å². The van der Waals surface area contributed by atoms with Crippen LogP contribution in [0.4, 0.5) is 0 Å². The van der Waals surface area contributed by atoms with Gasteiger partial charge in [0, 0.05) is 37.0 Å². The van der Waals surface area contributed by atoms with Crippen molar-refractivity contribution in [3.05, 3.63) is 71.9 Å². The predicted octanol–water partition coefficient (Wildman–Crippen LogP) is 4.04. The van der Waals surface area contributed by atoms with Crippen LogP contribution in [-0.4, -0.2) is 51.3 Å². The minimum absolute atomic E-state index is 0. The second-order valence-electron chi connectivity index (χ2n) is 7.58. The molecule has 1 aliphatic rings. The highest BCUT2D eigenvalue weighted by molar-refractivity contribution is 5.91. The summed E-state index contributed by atoms with van der Waals surface area (Å²) in [5, 5.41) is 9.28. The average molecular weight is 437 g/mol. The lowest BCUT2D eigenvalue weighted by Gasteiger charge is -2.26. The largest absolute Gasteiger partial charge is 0.392 e. The summed E-state index contributed by atoms with van der Waals surface area (Å²) >= 11 is 0. The molecule has 0 amide bonds. The third-order valence-electron chi connectivity index (χ3n) is 5.57. The molecule has 1 saturated heterocycles. The number of nitrogens with one attached hydrogen (secondary N) is 1. The van der Waals surface area contributed by atoms with Gasteiger partial charge >= 0.3 is 0 Å². The lowest BCUT2D eigenvalue weighted by Crippen LogP contribution is -2.35. The molecule has 6 nitrogen and oxygen atoms in total. The van der Waals surface area contributed by atoms with E-state index in [0.29, 0.717) is 0 Å². The minimum Gasteiger partial charge on any atom is -0.392 e. The van der Waals surface area contributed by atoms with E-state index in [9.17, 15) is 5.11 Å². The van der Waals surface area contributed by atoms with Crippen LogP contribution in [0, 0.1) is 0 Å². The summed E-state index contributed by atoms with van der Waals surface area (Å²) in [6.45, 7) is 4.59. The first kappa shape index (κ1) is 21.5. The molecule has 0 radical (unpaired) electrons. The normalized spacial score (nSPS) is 14.5. The van der Waals surface area contributed by atoms with Crippen LogP contribution >= 0.6 is 12.4 Å². The Morgan fingerprint density at radius 1 is 0.903 bits per heavy atom. The number of hydrogen-bond donors (Lipinski definition) is 2. The number of fused-ring (bicyclic) bond motifs is 1. The molecule has 7 heteroatoms. The lowest BCUT2D eigenvalue weighted by atomic mass is 10.0. The number of ether oxygens (including phenoxy) is 1. The van der Waals surface area contributed by atoms with Crippen LogP contribution in [0.2, 0.25) is 0 Å². The number of pyridine rings is 1. The van der Waals surface area contributed by atoms with Gasteiger partial charge in [-0.15, -0.1) is 12.4 Å². The van der Waals surface area contributed by atoms with E-state index in [1.807, 2.05) is 30.3 Å². The van der Waals surface area contributed by atoms with Gasteiger partial charge in [-0.2, -0.15) is 0 Å². The Hall–Kier alpha value is -2.77. The molecule has 1 aliphatic heterocycles. The summed E-state index contributed by atoms with van der Waals surface area (Å²) in [5.41, 5.74) is 6.92. The molecule has 0 atom stereocenters. The fraction of sp³-hybridized carbons (Fsp3) is 0.250. The Bertz CT molecular complexity index is 1140. The summed E-state index contributed by atoms with van der Waals surface area (Å²) in [7, 11) is 0. The molecule has 0 spiro atoms. The SMILES string of the molecule is Cl.OCc1ccc(-c2ccnc3[nH]c(-c4ccc(CN5CCOCC5)cc4)nc23)cc1. The van der Waals surface area contributed by atoms with Gasteiger partial charge in [0.25, 0.3) is 0 Å². The molecule has 2 aromatic heterocycles. The number of rotatable bonds is 5. The second kappa shape index (κ2) is 9.58. The first-order chi connectivity index (χ1) is 14.8. The highest BCUT2D eigenvalue weighted by Gasteiger charge is 2.13. The van der Waals surface area contributed by atoms with Crippen LogP contribution in [0.15, 0.2) is 60.8 Å². The molecule has 1 fully saturated rings. The van der Waals surface area contributed by atoms with E-state index >= 15 is 0 Å². The molecule has 4 aromatic rings. The van der Waals surface area contributed by atoms with Gasteiger partial charge in [-0.1, -0.05) is 48.5 Å². The summed E-state index contributed by atoms with van der Waals surface area (Å²) in [6, 6.07) is 18.4. The van der Waals surface area contributed by atoms with Gasteiger partial charge in [0.1, 0.15) is 11.3 Å². The van der Waals surface area contributed by atoms with Crippen molar-refractivity contribution in [3.63, 3.8) is 0 Å². The van der Waals surface area contributed by atoms with Crippen molar-refractivity contribution < 1.29 is 9.84 Å². The second-order valence-corrected chi connectivity index (χ2v) is 7.58. The van der Waals surface area contributed by atoms with Crippen molar-refractivity contribution in [2.24, 2.45) is 0 Å². The van der Waals surface area contributed by atoms with E-state index in [0.717, 1.165) is 72.1 Å². The van der Waals surface area contributed by atoms with Gasteiger partial charge in [0.15, 0.2) is 5.65 Å². The molecule has 0 saturated carbocycles. The monoisotopic (exact) mass is 436 g/mol. The molecule has 0 aliphatic carbocycles. The highest BCUT2D eigenvalue weighted by atomic mass is 35.5. The Balaban J connectivity index is 0.00000231. The van der Waals surface area contributed by atoms with Crippen molar-refractivity contribution in [1.29, 1.82) is 0 Å². The van der Waals surface area contributed by atoms with Crippen molar-refractivity contribution in [2.75, 3.05) is 26.3 Å². The fourth-order valence-electron chi connectivity index (χ4n) is 3.86. The minimum atomic E-state index is 0. The number of morpholine rings is 1. The third-order valence-corrected chi connectivity index (χ3v) is 5.57. The number of aliphatic hydroxyl groups is 1. The van der Waals surface area contributed by atoms with Crippen LogP contribution in [-0.2, 0) is 17.9 Å². The van der Waals surface area contributed by atoms with Crippen LogP contribution in [0.5, 0.6) is 0 Å². The number of halogens is 1. The molecular weight excluding hydrogens is 412 g/mol. The van der Waals surface area contributed by atoms with Crippen molar-refractivity contribution in [2.45, 2.75) is 13.2 Å². The van der Waals surface area contributed by atoms with Crippen molar-refractivity contribution >= 4 is 23.6 Å². The van der Waals surface area contributed by atoms with E-state index in [2.05, 4.69) is 39.1 Å². The quantitative estimate of drug-likeness (QED) is 0.494. The predicted molar refractivity (Wildman–Crippen MR) is 124 cm³/mol. The number of aromatic nitrogens is 3. The molecule has 3 heterocycles. The van der Waals surface area contributed by atoms with Gasteiger partial charge in [-0.25, -0.2) is 9.97 Å². The number of nitrogens with zero attached hydrogens (tertiary/aromatic N) is 3. The molecule has 31 heavy (non-hydrogen) atoms. The number of aromatic amines is 1. The van der Waals surface area contributed by atoms with E-state index in [4.69, 9.17) is 9.72 Å². The Morgan fingerprint density at radius 2 is 1.58 bits per heavy atom. The van der Waals surface area contributed by atoms with Crippen LogP contribution in [0.1, 0.15) is 11.1 Å². The summed E-state index contributed by atoms with van der Waals surface area (Å²) in [4.78, 5) is 15.1. The lowest BCUT2D eigenvalue weighted by molar-refractivity contribution is 0.0342. The van der Waals surface area contributed by atoms with Gasteiger partial charge < -0.3 is 14.8 Å². The summed E-state index contributed by atoms with van der Waals surface area (Å²) in [5.74, 6) is 0.815. The van der Waals surface area contributed by atoms with E-state index < -0.39 is 0 Å². The zero-order valence-corrected chi connectivity index (χ0v) is 17.9. The molecule has 5 rings (SSSR count). The van der Waals surface area contributed by atoms with Gasteiger partial charge in [-0.05, 0) is 22.8 Å². The smallest absolute Gasteiger partial charge is 0.158 e. The standard InChI is InChI=1S/C24H24N4O2.ClH/c29-16-18-3-5-19(6-4-18)21-9-10-25-24-22(21)26-23(27-24)20-7-1-17(2-8-20)15-28-11-13-30-14-12-28;/h1-10,29H,11-16H2,(H,25,26,27);1H. The first-order valence-corrected chi connectivity index (χ1v) is 10.2. The molecule has 2 N–H and O–H groups in total. The van der Waals surface area contributed by atoms with Gasteiger partial charge in [0.05, 0.1) is 19.8 Å². The molecule has 2 aromatic carbocycles. The highest BCUT2D eigenvalue weighted by Crippen LogP contribution is 2.29.